The monoisotopic (exact) mass is 335 g/mol. The summed E-state index contributed by atoms with van der Waals surface area (Å²) >= 11 is 0. The van der Waals surface area contributed by atoms with Crippen LogP contribution in [0.3, 0.4) is 0 Å². The standard InChI is InChI=1S/C17H25N3O4/c1-3-4-6-18-15-8-12-11(17(22)19-15)5-7-20(12)16-9-13(21)14(24-16)10-23-2/h5,7-8,13-14,16,21H,3-4,6,9-10H2,1-2H3,(H2,18,19,22). The van der Waals surface area contributed by atoms with Crippen molar-refractivity contribution in [2.24, 2.45) is 0 Å². The van der Waals surface area contributed by atoms with Crippen molar-refractivity contribution in [1.29, 1.82) is 0 Å². The molecule has 0 saturated carbocycles. The first-order valence-corrected chi connectivity index (χ1v) is 8.44. The summed E-state index contributed by atoms with van der Waals surface area (Å²) in [6.45, 7) is 3.28. The zero-order valence-corrected chi connectivity index (χ0v) is 14.1. The molecular weight excluding hydrogens is 310 g/mol. The van der Waals surface area contributed by atoms with E-state index in [1.165, 1.54) is 0 Å². The molecule has 0 bridgehead atoms. The molecule has 3 unspecified atom stereocenters. The second-order valence-corrected chi connectivity index (χ2v) is 6.20. The van der Waals surface area contributed by atoms with Gasteiger partial charge in [0.2, 0.25) is 0 Å². The highest BCUT2D eigenvalue weighted by atomic mass is 16.6. The van der Waals surface area contributed by atoms with Crippen molar-refractivity contribution in [3.8, 4) is 0 Å². The third-order valence-electron chi connectivity index (χ3n) is 4.42. The van der Waals surface area contributed by atoms with Crippen LogP contribution in [0.4, 0.5) is 5.82 Å². The number of hydrogen-bond donors (Lipinski definition) is 3. The van der Waals surface area contributed by atoms with Crippen LogP contribution in [0.25, 0.3) is 10.9 Å². The molecule has 3 N–H and O–H groups in total. The molecular formula is C17H25N3O4. The van der Waals surface area contributed by atoms with Crippen molar-refractivity contribution in [2.75, 3.05) is 25.6 Å². The largest absolute Gasteiger partial charge is 0.390 e. The fourth-order valence-electron chi connectivity index (χ4n) is 3.11. The van der Waals surface area contributed by atoms with Crippen molar-refractivity contribution in [3.05, 3.63) is 28.7 Å². The van der Waals surface area contributed by atoms with Gasteiger partial charge in [0.1, 0.15) is 18.1 Å². The molecule has 3 rings (SSSR count). The van der Waals surface area contributed by atoms with Gasteiger partial charge in [0.15, 0.2) is 0 Å². The zero-order chi connectivity index (χ0) is 17.1. The molecule has 1 saturated heterocycles. The van der Waals surface area contributed by atoms with Crippen LogP contribution in [0.5, 0.6) is 0 Å². The van der Waals surface area contributed by atoms with Gasteiger partial charge in [-0.3, -0.25) is 4.79 Å². The lowest BCUT2D eigenvalue weighted by molar-refractivity contribution is -0.0520. The maximum Gasteiger partial charge on any atom is 0.258 e. The van der Waals surface area contributed by atoms with Crippen LogP contribution in [-0.2, 0) is 9.47 Å². The van der Waals surface area contributed by atoms with Gasteiger partial charge < -0.3 is 29.4 Å². The molecule has 1 aliphatic heterocycles. The van der Waals surface area contributed by atoms with Gasteiger partial charge >= 0.3 is 0 Å². The van der Waals surface area contributed by atoms with Crippen molar-refractivity contribution in [3.63, 3.8) is 0 Å². The molecule has 7 nitrogen and oxygen atoms in total. The van der Waals surface area contributed by atoms with E-state index < -0.39 is 6.10 Å². The first-order valence-electron chi connectivity index (χ1n) is 8.44. The Balaban J connectivity index is 1.87. The number of H-pyrrole nitrogens is 1. The number of aliphatic hydroxyl groups is 1. The highest BCUT2D eigenvalue weighted by Gasteiger charge is 2.35. The molecule has 2 aromatic heterocycles. The van der Waals surface area contributed by atoms with Crippen LogP contribution >= 0.6 is 0 Å². The van der Waals surface area contributed by atoms with Crippen molar-refractivity contribution in [1.82, 2.24) is 9.55 Å². The van der Waals surface area contributed by atoms with Gasteiger partial charge in [-0.2, -0.15) is 0 Å². The topological polar surface area (TPSA) is 88.5 Å². The quantitative estimate of drug-likeness (QED) is 0.672. The number of anilines is 1. The smallest absolute Gasteiger partial charge is 0.258 e. The van der Waals surface area contributed by atoms with Gasteiger partial charge in [-0.05, 0) is 12.5 Å². The number of aromatic nitrogens is 2. The molecule has 1 aliphatic rings. The van der Waals surface area contributed by atoms with Crippen LogP contribution in [0.15, 0.2) is 23.1 Å². The first kappa shape index (κ1) is 17.0. The molecule has 0 radical (unpaired) electrons. The Labute approximate surface area is 140 Å². The van der Waals surface area contributed by atoms with Crippen molar-refractivity contribution >= 4 is 16.7 Å². The summed E-state index contributed by atoms with van der Waals surface area (Å²) in [7, 11) is 1.59. The van der Waals surface area contributed by atoms with Crippen LogP contribution < -0.4 is 10.9 Å². The Bertz CT molecular complexity index is 739. The van der Waals surface area contributed by atoms with E-state index in [-0.39, 0.29) is 17.9 Å². The highest BCUT2D eigenvalue weighted by molar-refractivity contribution is 5.81. The number of hydrogen-bond acceptors (Lipinski definition) is 5. The third kappa shape index (κ3) is 3.33. The fraction of sp³-hybridized carbons (Fsp3) is 0.588. The van der Waals surface area contributed by atoms with Gasteiger partial charge in [-0.15, -0.1) is 0 Å². The second-order valence-electron chi connectivity index (χ2n) is 6.20. The Hall–Kier alpha value is -1.83. The van der Waals surface area contributed by atoms with Crippen LogP contribution in [0.1, 0.15) is 32.4 Å². The predicted molar refractivity (Wildman–Crippen MR) is 92.4 cm³/mol. The summed E-state index contributed by atoms with van der Waals surface area (Å²) in [5.74, 6) is 0.702. The number of pyridine rings is 1. The average Bonchev–Trinajstić information content (AvgIpc) is 3.12. The zero-order valence-electron chi connectivity index (χ0n) is 14.1. The summed E-state index contributed by atoms with van der Waals surface area (Å²) in [5.41, 5.74) is 0.672. The lowest BCUT2D eigenvalue weighted by Crippen LogP contribution is -2.25. The van der Waals surface area contributed by atoms with Gasteiger partial charge in [0.25, 0.3) is 5.56 Å². The van der Waals surface area contributed by atoms with E-state index in [0.717, 1.165) is 24.9 Å². The molecule has 0 spiro atoms. The number of nitrogens with one attached hydrogen (secondary N) is 2. The predicted octanol–water partition coefficient (Wildman–Crippen LogP) is 1.84. The number of fused-ring (bicyclic) bond motifs is 1. The van der Waals surface area contributed by atoms with Gasteiger partial charge in [0.05, 0.1) is 23.6 Å². The molecule has 1 fully saturated rings. The number of aliphatic hydroxyl groups excluding tert-OH is 1. The minimum atomic E-state index is -0.573. The highest BCUT2D eigenvalue weighted by Crippen LogP contribution is 2.32. The summed E-state index contributed by atoms with van der Waals surface area (Å²) in [6, 6.07) is 3.70. The average molecular weight is 335 g/mol. The molecule has 2 aromatic rings. The normalized spacial score (nSPS) is 23.9. The molecule has 0 amide bonds. The summed E-state index contributed by atoms with van der Waals surface area (Å²) in [4.78, 5) is 15.1. The summed E-state index contributed by atoms with van der Waals surface area (Å²) < 4.78 is 12.9. The second kappa shape index (κ2) is 7.38. The molecule has 0 aliphatic carbocycles. The summed E-state index contributed by atoms with van der Waals surface area (Å²) in [6.07, 6.45) is 3.22. The molecule has 3 heterocycles. The minimum absolute atomic E-state index is 0.128. The van der Waals surface area contributed by atoms with E-state index in [4.69, 9.17) is 9.47 Å². The lowest BCUT2D eigenvalue weighted by atomic mass is 10.2. The Morgan fingerprint density at radius 2 is 2.38 bits per heavy atom. The van der Waals surface area contributed by atoms with Gasteiger partial charge in [-0.1, -0.05) is 13.3 Å². The van der Waals surface area contributed by atoms with E-state index in [2.05, 4.69) is 17.2 Å². The van der Waals surface area contributed by atoms with Crippen LogP contribution in [0.2, 0.25) is 0 Å². The number of rotatable bonds is 7. The minimum Gasteiger partial charge on any atom is -0.390 e. The Morgan fingerprint density at radius 1 is 1.54 bits per heavy atom. The fourth-order valence-corrected chi connectivity index (χ4v) is 3.11. The van der Waals surface area contributed by atoms with Crippen molar-refractivity contribution < 1.29 is 14.6 Å². The lowest BCUT2D eigenvalue weighted by Gasteiger charge is -2.16. The van der Waals surface area contributed by atoms with E-state index >= 15 is 0 Å². The van der Waals surface area contributed by atoms with Crippen LogP contribution in [0, 0.1) is 0 Å². The number of unbranched alkanes of at least 4 members (excludes halogenated alkanes) is 1. The Kier molecular flexibility index (Phi) is 5.23. The SMILES string of the molecule is CCCCNc1cc2c(ccn2C2CC(O)C(COC)O2)c(=O)[nH]1. The van der Waals surface area contributed by atoms with E-state index in [0.29, 0.717) is 24.2 Å². The maximum atomic E-state index is 12.3. The molecule has 0 aromatic carbocycles. The maximum absolute atomic E-state index is 12.3. The van der Waals surface area contributed by atoms with Crippen molar-refractivity contribution in [2.45, 2.75) is 44.6 Å². The third-order valence-corrected chi connectivity index (χ3v) is 4.42. The van der Waals surface area contributed by atoms with Gasteiger partial charge in [0, 0.05) is 32.3 Å². The first-order chi connectivity index (χ1) is 11.6. The van der Waals surface area contributed by atoms with E-state index in [1.54, 1.807) is 13.2 Å². The molecule has 7 heteroatoms. The van der Waals surface area contributed by atoms with Gasteiger partial charge in [-0.25, -0.2) is 0 Å². The van der Waals surface area contributed by atoms with E-state index in [1.807, 2.05) is 16.8 Å². The molecule has 132 valence electrons. The molecule has 24 heavy (non-hydrogen) atoms. The summed E-state index contributed by atoms with van der Waals surface area (Å²) in [5, 5.41) is 14.0. The van der Waals surface area contributed by atoms with E-state index in [9.17, 15) is 9.90 Å². The molecule has 3 atom stereocenters. The number of ether oxygens (including phenoxy) is 2. The number of aromatic amines is 1. The van der Waals surface area contributed by atoms with Crippen LogP contribution in [-0.4, -0.2) is 47.1 Å². The number of nitrogens with zero attached hydrogens (tertiary/aromatic N) is 1. The Morgan fingerprint density at radius 3 is 3.12 bits per heavy atom. The number of methoxy groups -OCH3 is 1.